The molecule has 0 spiro atoms. The van der Waals surface area contributed by atoms with Crippen LogP contribution in [0.2, 0.25) is 0 Å². The highest BCUT2D eigenvalue weighted by Crippen LogP contribution is 2.20. The summed E-state index contributed by atoms with van der Waals surface area (Å²) in [6.07, 6.45) is 0.215. The Balaban J connectivity index is 2.96. The van der Waals surface area contributed by atoms with Crippen molar-refractivity contribution in [3.8, 4) is 5.75 Å². The molecule has 2 nitrogen and oxygen atoms in total. The Labute approximate surface area is 82.7 Å². The van der Waals surface area contributed by atoms with E-state index in [1.807, 2.05) is 6.92 Å². The molecule has 0 fully saturated rings. The maximum Gasteiger partial charge on any atom is 0.134 e. The van der Waals surface area contributed by atoms with E-state index in [-0.39, 0.29) is 18.0 Å². The van der Waals surface area contributed by atoms with E-state index in [2.05, 4.69) is 0 Å². The molecule has 0 aromatic heterocycles. The lowest BCUT2D eigenvalue weighted by Crippen LogP contribution is -2.02. The summed E-state index contributed by atoms with van der Waals surface area (Å²) in [7, 11) is 0. The van der Waals surface area contributed by atoms with Crippen molar-refractivity contribution in [2.24, 2.45) is 0 Å². The number of halogens is 1. The molecule has 0 N–H and O–H groups in total. The lowest BCUT2D eigenvalue weighted by molar-refractivity contribution is -0.116. The standard InChI is InChI=1S/C11H13FO2/c1-3-14-11-5-4-10(12)7-9(11)6-8(2)13/h4-5,7H,3,6H2,1-2H3. The fraction of sp³-hybridized carbons (Fsp3) is 0.364. The number of benzene rings is 1. The van der Waals surface area contributed by atoms with Crippen molar-refractivity contribution in [3.63, 3.8) is 0 Å². The molecule has 76 valence electrons. The Morgan fingerprint density at radius 2 is 2.21 bits per heavy atom. The van der Waals surface area contributed by atoms with Gasteiger partial charge in [-0.15, -0.1) is 0 Å². The second-order valence-electron chi connectivity index (χ2n) is 3.06. The SMILES string of the molecule is CCOc1ccc(F)cc1CC(C)=O. The number of ketones is 1. The number of hydrogen-bond donors (Lipinski definition) is 0. The first-order valence-electron chi connectivity index (χ1n) is 4.54. The first kappa shape index (κ1) is 10.7. The Hall–Kier alpha value is -1.38. The van der Waals surface area contributed by atoms with Gasteiger partial charge in [0.1, 0.15) is 17.3 Å². The molecular weight excluding hydrogens is 183 g/mol. The van der Waals surface area contributed by atoms with Gasteiger partial charge in [0, 0.05) is 12.0 Å². The predicted molar refractivity (Wildman–Crippen MR) is 52.0 cm³/mol. The molecule has 0 bridgehead atoms. The number of ether oxygens (including phenoxy) is 1. The molecule has 0 heterocycles. The van der Waals surface area contributed by atoms with Gasteiger partial charge in [-0.2, -0.15) is 0 Å². The minimum absolute atomic E-state index is 0.00319. The lowest BCUT2D eigenvalue weighted by atomic mass is 10.1. The fourth-order valence-electron chi connectivity index (χ4n) is 1.25. The van der Waals surface area contributed by atoms with Crippen LogP contribution >= 0.6 is 0 Å². The summed E-state index contributed by atoms with van der Waals surface area (Å²) in [6, 6.07) is 4.22. The number of hydrogen-bond acceptors (Lipinski definition) is 2. The molecule has 0 radical (unpaired) electrons. The lowest BCUT2D eigenvalue weighted by Gasteiger charge is -2.08. The van der Waals surface area contributed by atoms with Crippen LogP contribution in [0.15, 0.2) is 18.2 Å². The molecule has 0 aliphatic carbocycles. The van der Waals surface area contributed by atoms with Gasteiger partial charge < -0.3 is 4.74 Å². The van der Waals surface area contributed by atoms with Gasteiger partial charge in [-0.25, -0.2) is 4.39 Å². The number of rotatable bonds is 4. The van der Waals surface area contributed by atoms with Gasteiger partial charge in [0.25, 0.3) is 0 Å². The van der Waals surface area contributed by atoms with E-state index in [0.717, 1.165) is 0 Å². The van der Waals surface area contributed by atoms with Gasteiger partial charge in [-0.05, 0) is 32.0 Å². The second kappa shape index (κ2) is 4.74. The minimum atomic E-state index is -0.343. The van der Waals surface area contributed by atoms with Gasteiger partial charge in [-0.3, -0.25) is 4.79 Å². The molecule has 0 saturated carbocycles. The van der Waals surface area contributed by atoms with E-state index < -0.39 is 0 Å². The first-order chi connectivity index (χ1) is 6.63. The topological polar surface area (TPSA) is 26.3 Å². The first-order valence-corrected chi connectivity index (χ1v) is 4.54. The molecule has 0 atom stereocenters. The average Bonchev–Trinajstić information content (AvgIpc) is 2.09. The van der Waals surface area contributed by atoms with Crippen LogP contribution in [-0.2, 0) is 11.2 Å². The van der Waals surface area contributed by atoms with E-state index in [4.69, 9.17) is 4.74 Å². The second-order valence-corrected chi connectivity index (χ2v) is 3.06. The van der Waals surface area contributed by atoms with Crippen LogP contribution in [0.3, 0.4) is 0 Å². The molecule has 0 aliphatic heterocycles. The Kier molecular flexibility index (Phi) is 3.63. The number of carbonyl (C=O) groups is 1. The molecule has 3 heteroatoms. The van der Waals surface area contributed by atoms with Crippen molar-refractivity contribution in [2.75, 3.05) is 6.61 Å². The van der Waals surface area contributed by atoms with Crippen LogP contribution in [0.4, 0.5) is 4.39 Å². The monoisotopic (exact) mass is 196 g/mol. The van der Waals surface area contributed by atoms with E-state index in [1.165, 1.54) is 19.1 Å². The van der Waals surface area contributed by atoms with Crippen LogP contribution in [0.5, 0.6) is 5.75 Å². The summed E-state index contributed by atoms with van der Waals surface area (Å²) in [5, 5.41) is 0. The Morgan fingerprint density at radius 1 is 1.50 bits per heavy atom. The fourth-order valence-corrected chi connectivity index (χ4v) is 1.25. The number of Topliss-reactive ketones (excluding diaryl/α,β-unsaturated/α-hetero) is 1. The Bertz CT molecular complexity index is 334. The summed E-state index contributed by atoms with van der Waals surface area (Å²) < 4.78 is 18.1. The van der Waals surface area contributed by atoms with Crippen LogP contribution in [0.25, 0.3) is 0 Å². The summed E-state index contributed by atoms with van der Waals surface area (Å²) in [5.41, 5.74) is 0.611. The zero-order valence-corrected chi connectivity index (χ0v) is 8.34. The van der Waals surface area contributed by atoms with Crippen molar-refractivity contribution in [3.05, 3.63) is 29.6 Å². The summed E-state index contributed by atoms with van der Waals surface area (Å²) in [4.78, 5) is 10.9. The predicted octanol–water partition coefficient (Wildman–Crippen LogP) is 2.36. The highest BCUT2D eigenvalue weighted by Gasteiger charge is 2.07. The molecule has 0 aliphatic rings. The van der Waals surface area contributed by atoms with Gasteiger partial charge in [0.15, 0.2) is 0 Å². The Morgan fingerprint density at radius 3 is 2.79 bits per heavy atom. The van der Waals surface area contributed by atoms with Crippen molar-refractivity contribution in [2.45, 2.75) is 20.3 Å². The minimum Gasteiger partial charge on any atom is -0.494 e. The summed E-state index contributed by atoms with van der Waals surface area (Å²) >= 11 is 0. The normalized spacial score (nSPS) is 9.93. The number of carbonyl (C=O) groups excluding carboxylic acids is 1. The molecule has 14 heavy (non-hydrogen) atoms. The van der Waals surface area contributed by atoms with E-state index in [1.54, 1.807) is 6.07 Å². The third-order valence-corrected chi connectivity index (χ3v) is 1.76. The molecular formula is C11H13FO2. The largest absolute Gasteiger partial charge is 0.494 e. The molecule has 0 unspecified atom stereocenters. The van der Waals surface area contributed by atoms with Crippen molar-refractivity contribution < 1.29 is 13.9 Å². The van der Waals surface area contributed by atoms with Crippen molar-refractivity contribution >= 4 is 5.78 Å². The van der Waals surface area contributed by atoms with Gasteiger partial charge in [-0.1, -0.05) is 0 Å². The van der Waals surface area contributed by atoms with Crippen LogP contribution in [0.1, 0.15) is 19.4 Å². The zero-order chi connectivity index (χ0) is 10.6. The molecule has 0 saturated heterocycles. The van der Waals surface area contributed by atoms with Gasteiger partial charge in [0.2, 0.25) is 0 Å². The van der Waals surface area contributed by atoms with Crippen molar-refractivity contribution in [1.82, 2.24) is 0 Å². The molecule has 1 aromatic carbocycles. The summed E-state index contributed by atoms with van der Waals surface area (Å²) in [5.74, 6) is 0.241. The molecule has 1 aromatic rings. The highest BCUT2D eigenvalue weighted by atomic mass is 19.1. The average molecular weight is 196 g/mol. The van der Waals surface area contributed by atoms with E-state index in [0.29, 0.717) is 17.9 Å². The van der Waals surface area contributed by atoms with Crippen LogP contribution < -0.4 is 4.74 Å². The quantitative estimate of drug-likeness (QED) is 0.738. The maximum atomic E-state index is 12.9. The van der Waals surface area contributed by atoms with Gasteiger partial charge in [0.05, 0.1) is 6.61 Å². The molecule has 1 rings (SSSR count). The third kappa shape index (κ3) is 2.83. The van der Waals surface area contributed by atoms with E-state index in [9.17, 15) is 9.18 Å². The van der Waals surface area contributed by atoms with Gasteiger partial charge >= 0.3 is 0 Å². The van der Waals surface area contributed by atoms with Crippen LogP contribution in [-0.4, -0.2) is 12.4 Å². The smallest absolute Gasteiger partial charge is 0.134 e. The van der Waals surface area contributed by atoms with Crippen LogP contribution in [0, 0.1) is 5.82 Å². The summed E-state index contributed by atoms with van der Waals surface area (Å²) in [6.45, 7) is 3.83. The van der Waals surface area contributed by atoms with Crippen molar-refractivity contribution in [1.29, 1.82) is 0 Å². The molecule has 0 amide bonds. The highest BCUT2D eigenvalue weighted by molar-refractivity contribution is 5.78. The maximum absolute atomic E-state index is 12.9. The third-order valence-electron chi connectivity index (χ3n) is 1.76. The zero-order valence-electron chi connectivity index (χ0n) is 8.34. The van der Waals surface area contributed by atoms with E-state index >= 15 is 0 Å².